The number of benzene rings is 1. The van der Waals surface area contributed by atoms with Crippen LogP contribution in [0.5, 0.6) is 0 Å². The third-order valence-electron chi connectivity index (χ3n) is 3.63. The van der Waals surface area contributed by atoms with Gasteiger partial charge in [0.15, 0.2) is 11.0 Å². The summed E-state index contributed by atoms with van der Waals surface area (Å²) < 4.78 is 4.29. The highest BCUT2D eigenvalue weighted by Crippen LogP contribution is 2.30. The molecule has 4 heteroatoms. The molecule has 0 atom stereocenters. The summed E-state index contributed by atoms with van der Waals surface area (Å²) in [5.41, 5.74) is 4.33. The lowest BCUT2D eigenvalue weighted by atomic mass is 10.1. The smallest absolute Gasteiger partial charge is 0.244 e. The van der Waals surface area contributed by atoms with E-state index in [4.69, 9.17) is 0 Å². The van der Waals surface area contributed by atoms with Crippen molar-refractivity contribution in [2.24, 2.45) is 14.1 Å². The second-order valence-corrected chi connectivity index (χ2v) is 4.83. The fraction of sp³-hybridized carbons (Fsp3) is 0.133. The van der Waals surface area contributed by atoms with Crippen molar-refractivity contribution in [3.05, 3.63) is 43.0 Å². The number of hydrogen-bond acceptors (Lipinski definition) is 2. The molecule has 0 saturated heterocycles. The molecule has 19 heavy (non-hydrogen) atoms. The molecule has 3 heterocycles. The molecule has 4 rings (SSSR count). The molecule has 0 N–H and O–H groups in total. The maximum atomic E-state index is 4.52. The van der Waals surface area contributed by atoms with Gasteiger partial charge in [0, 0.05) is 12.4 Å². The molecule has 4 nitrogen and oxygen atoms in total. The van der Waals surface area contributed by atoms with Crippen LogP contribution in [0.1, 0.15) is 0 Å². The van der Waals surface area contributed by atoms with Crippen LogP contribution in [-0.2, 0) is 14.1 Å². The normalized spacial score (nSPS) is 11.7. The monoisotopic (exact) mass is 249 g/mol. The van der Waals surface area contributed by atoms with Crippen molar-refractivity contribution in [2.75, 3.05) is 0 Å². The predicted molar refractivity (Wildman–Crippen MR) is 74.7 cm³/mol. The van der Waals surface area contributed by atoms with E-state index in [9.17, 15) is 0 Å². The molecular formula is C15H13N4+. The third kappa shape index (κ3) is 1.25. The Bertz CT molecular complexity index is 861. The Morgan fingerprint density at radius 1 is 1.00 bits per heavy atom. The van der Waals surface area contributed by atoms with Crippen LogP contribution in [0.3, 0.4) is 0 Å². The van der Waals surface area contributed by atoms with E-state index in [2.05, 4.69) is 51.7 Å². The molecule has 0 bridgehead atoms. The lowest BCUT2D eigenvalue weighted by Gasteiger charge is -2.03. The van der Waals surface area contributed by atoms with Gasteiger partial charge in [-0.25, -0.2) is 9.13 Å². The number of aromatic nitrogens is 4. The molecule has 0 unspecified atom stereocenters. The molecule has 0 radical (unpaired) electrons. The molecule has 0 aliphatic rings. The van der Waals surface area contributed by atoms with Crippen molar-refractivity contribution in [3.8, 4) is 0 Å². The first-order valence-electron chi connectivity index (χ1n) is 6.23. The number of aryl methyl sites for hydroxylation is 2. The highest BCUT2D eigenvalue weighted by molar-refractivity contribution is 6.19. The van der Waals surface area contributed by atoms with Gasteiger partial charge in [-0.05, 0) is 24.3 Å². The summed E-state index contributed by atoms with van der Waals surface area (Å²) in [6.07, 6.45) is 5.74. The molecular weight excluding hydrogens is 236 g/mol. The van der Waals surface area contributed by atoms with Crippen LogP contribution in [0.25, 0.3) is 32.8 Å². The molecule has 0 aliphatic carbocycles. The van der Waals surface area contributed by atoms with Gasteiger partial charge in [0.1, 0.15) is 11.0 Å². The topological polar surface area (TPSA) is 34.6 Å². The van der Waals surface area contributed by atoms with Crippen LogP contribution in [0.2, 0.25) is 0 Å². The second-order valence-electron chi connectivity index (χ2n) is 4.83. The van der Waals surface area contributed by atoms with Gasteiger partial charge >= 0.3 is 0 Å². The maximum Gasteiger partial charge on any atom is 0.244 e. The minimum atomic E-state index is 0.965. The summed E-state index contributed by atoms with van der Waals surface area (Å²) in [5, 5.41) is 2.29. The Balaban J connectivity index is 2.49. The number of pyridine rings is 2. The SMILES string of the molecule is Cn1c[n+](C)c2c3cccnc3c3ncccc3c21. The molecule has 4 aromatic rings. The second kappa shape index (κ2) is 3.51. The van der Waals surface area contributed by atoms with E-state index in [0.717, 1.165) is 21.8 Å². The first-order valence-corrected chi connectivity index (χ1v) is 6.23. The average molecular weight is 249 g/mol. The molecule has 92 valence electrons. The minimum absolute atomic E-state index is 0.965. The quantitative estimate of drug-likeness (QED) is 0.353. The zero-order valence-electron chi connectivity index (χ0n) is 10.8. The number of rotatable bonds is 0. The molecule has 0 spiro atoms. The van der Waals surface area contributed by atoms with Crippen LogP contribution in [0.15, 0.2) is 43.0 Å². The third-order valence-corrected chi connectivity index (χ3v) is 3.63. The first kappa shape index (κ1) is 10.4. The molecule has 1 aromatic carbocycles. The maximum absolute atomic E-state index is 4.52. The number of imidazole rings is 1. The fourth-order valence-electron chi connectivity index (χ4n) is 2.91. The molecule has 0 amide bonds. The van der Waals surface area contributed by atoms with Crippen molar-refractivity contribution in [1.82, 2.24) is 14.5 Å². The summed E-state index contributed by atoms with van der Waals surface area (Å²) in [5.74, 6) is 0. The minimum Gasteiger partial charge on any atom is -0.254 e. The first-order chi connectivity index (χ1) is 9.27. The number of hydrogen-bond donors (Lipinski definition) is 0. The lowest BCUT2D eigenvalue weighted by Crippen LogP contribution is -2.25. The van der Waals surface area contributed by atoms with Crippen molar-refractivity contribution in [1.29, 1.82) is 0 Å². The summed E-state index contributed by atoms with van der Waals surface area (Å²) in [6, 6.07) is 8.17. The van der Waals surface area contributed by atoms with Crippen LogP contribution < -0.4 is 4.57 Å². The van der Waals surface area contributed by atoms with Gasteiger partial charge in [-0.3, -0.25) is 9.97 Å². The van der Waals surface area contributed by atoms with Gasteiger partial charge in [-0.15, -0.1) is 0 Å². The van der Waals surface area contributed by atoms with Gasteiger partial charge in [-0.2, -0.15) is 0 Å². The summed E-state index contributed by atoms with van der Waals surface area (Å²) in [6.45, 7) is 0. The van der Waals surface area contributed by atoms with E-state index in [1.807, 2.05) is 24.5 Å². The van der Waals surface area contributed by atoms with Crippen LogP contribution in [0, 0.1) is 0 Å². The summed E-state index contributed by atoms with van der Waals surface area (Å²) in [4.78, 5) is 9.05. The van der Waals surface area contributed by atoms with E-state index in [-0.39, 0.29) is 0 Å². The van der Waals surface area contributed by atoms with Crippen molar-refractivity contribution < 1.29 is 4.57 Å². The van der Waals surface area contributed by atoms with Crippen molar-refractivity contribution >= 4 is 32.8 Å². The van der Waals surface area contributed by atoms with Gasteiger partial charge in [-0.1, -0.05) is 0 Å². The highest BCUT2D eigenvalue weighted by atomic mass is 15.1. The molecule has 3 aromatic heterocycles. The van der Waals surface area contributed by atoms with E-state index < -0.39 is 0 Å². The zero-order valence-corrected chi connectivity index (χ0v) is 10.8. The lowest BCUT2D eigenvalue weighted by molar-refractivity contribution is -0.644. The number of nitrogens with zero attached hydrogens (tertiary/aromatic N) is 4. The average Bonchev–Trinajstić information content (AvgIpc) is 2.75. The van der Waals surface area contributed by atoms with Gasteiger partial charge < -0.3 is 0 Å². The molecule has 0 fully saturated rings. The van der Waals surface area contributed by atoms with Crippen LogP contribution in [-0.4, -0.2) is 14.5 Å². The van der Waals surface area contributed by atoms with Crippen molar-refractivity contribution in [3.63, 3.8) is 0 Å². The van der Waals surface area contributed by atoms with E-state index in [1.54, 1.807) is 0 Å². The fourth-order valence-corrected chi connectivity index (χ4v) is 2.91. The Hall–Kier alpha value is -2.49. The Morgan fingerprint density at radius 2 is 1.63 bits per heavy atom. The van der Waals surface area contributed by atoms with Crippen LogP contribution in [0.4, 0.5) is 0 Å². The Labute approximate surface area is 109 Å². The largest absolute Gasteiger partial charge is 0.254 e. The Morgan fingerprint density at radius 3 is 2.37 bits per heavy atom. The van der Waals surface area contributed by atoms with Crippen LogP contribution >= 0.6 is 0 Å². The zero-order chi connectivity index (χ0) is 13.0. The highest BCUT2D eigenvalue weighted by Gasteiger charge is 2.19. The summed E-state index contributed by atoms with van der Waals surface area (Å²) >= 11 is 0. The van der Waals surface area contributed by atoms with Crippen molar-refractivity contribution in [2.45, 2.75) is 0 Å². The van der Waals surface area contributed by atoms with E-state index >= 15 is 0 Å². The Kier molecular flexibility index (Phi) is 1.93. The standard InChI is InChI=1S/C15H13N4/c1-18-9-19(2)15-11-6-4-8-17-13(11)12-10(14(15)18)5-3-7-16-12/h3-9H,1-2H3/q+1. The van der Waals surface area contributed by atoms with Gasteiger partial charge in [0.2, 0.25) is 6.33 Å². The number of fused-ring (bicyclic) bond motifs is 6. The van der Waals surface area contributed by atoms with E-state index in [1.165, 1.54) is 11.0 Å². The molecule has 0 aliphatic heterocycles. The summed E-state index contributed by atoms with van der Waals surface area (Å²) in [7, 11) is 4.13. The van der Waals surface area contributed by atoms with E-state index in [0.29, 0.717) is 0 Å². The predicted octanol–water partition coefficient (Wildman–Crippen LogP) is 2.10. The molecule has 0 saturated carbocycles. The van der Waals surface area contributed by atoms with Gasteiger partial charge in [0.25, 0.3) is 0 Å². The van der Waals surface area contributed by atoms with Gasteiger partial charge in [0.05, 0.1) is 24.9 Å².